The van der Waals surface area contributed by atoms with E-state index in [2.05, 4.69) is 8.92 Å². The second-order valence-electron chi connectivity index (χ2n) is 4.86. The molecule has 128 valence electrons. The van der Waals surface area contributed by atoms with Crippen molar-refractivity contribution in [2.75, 3.05) is 7.11 Å². The molecule has 0 saturated heterocycles. The van der Waals surface area contributed by atoms with Crippen molar-refractivity contribution in [2.24, 2.45) is 0 Å². The average Bonchev–Trinajstić information content (AvgIpc) is 2.37. The van der Waals surface area contributed by atoms with Gasteiger partial charge in [0.15, 0.2) is 5.75 Å². The van der Waals surface area contributed by atoms with E-state index in [-0.39, 0.29) is 6.04 Å². The summed E-state index contributed by atoms with van der Waals surface area (Å²) in [5.74, 6) is -2.14. The summed E-state index contributed by atoms with van der Waals surface area (Å²) in [5, 5.41) is 0. The van der Waals surface area contributed by atoms with Crippen LogP contribution in [0.5, 0.6) is 5.75 Å². The molecule has 0 spiro atoms. The van der Waals surface area contributed by atoms with Crippen molar-refractivity contribution >= 4 is 16.1 Å². The summed E-state index contributed by atoms with van der Waals surface area (Å²) in [5.41, 5.74) is -7.04. The number of pyridine rings is 1. The standard InChI is InChI=1S/C12H12F3NO6S/c1-21-11(18)8-6-16(7-3-2-4-7)10(17)5-9(8)22-23(19,20)12(13,14)15/h5-7H,2-4H2,1H3. The summed E-state index contributed by atoms with van der Waals surface area (Å²) in [7, 11) is -5.05. The summed E-state index contributed by atoms with van der Waals surface area (Å²) in [6.45, 7) is 0. The van der Waals surface area contributed by atoms with Crippen LogP contribution < -0.4 is 9.74 Å². The quantitative estimate of drug-likeness (QED) is 0.463. The molecule has 1 aliphatic carbocycles. The maximum absolute atomic E-state index is 12.4. The molecule has 1 saturated carbocycles. The number of rotatable bonds is 4. The van der Waals surface area contributed by atoms with E-state index in [1.54, 1.807) is 0 Å². The molecular formula is C12H12F3NO6S. The highest BCUT2D eigenvalue weighted by atomic mass is 32.2. The predicted molar refractivity (Wildman–Crippen MR) is 70.5 cm³/mol. The molecule has 0 radical (unpaired) electrons. The predicted octanol–water partition coefficient (Wildman–Crippen LogP) is 1.59. The molecule has 7 nitrogen and oxygen atoms in total. The van der Waals surface area contributed by atoms with E-state index >= 15 is 0 Å². The third-order valence-corrected chi connectivity index (χ3v) is 4.36. The number of halogens is 3. The highest BCUT2D eigenvalue weighted by molar-refractivity contribution is 7.88. The molecule has 1 heterocycles. The molecule has 0 aliphatic heterocycles. The van der Waals surface area contributed by atoms with E-state index in [4.69, 9.17) is 0 Å². The Morgan fingerprint density at radius 1 is 1.35 bits per heavy atom. The number of hydrogen-bond acceptors (Lipinski definition) is 6. The van der Waals surface area contributed by atoms with E-state index in [9.17, 15) is 31.2 Å². The van der Waals surface area contributed by atoms with Crippen LogP contribution in [0.15, 0.2) is 17.1 Å². The van der Waals surface area contributed by atoms with Gasteiger partial charge in [-0.1, -0.05) is 0 Å². The Morgan fingerprint density at radius 2 is 1.96 bits per heavy atom. The van der Waals surface area contributed by atoms with Crippen LogP contribution in [0.3, 0.4) is 0 Å². The van der Waals surface area contributed by atoms with Crippen molar-refractivity contribution in [3.05, 3.63) is 28.2 Å². The first kappa shape index (κ1) is 17.3. The van der Waals surface area contributed by atoms with Crippen molar-refractivity contribution in [3.8, 4) is 5.75 Å². The van der Waals surface area contributed by atoms with Gasteiger partial charge in [0.2, 0.25) is 0 Å². The fourth-order valence-electron chi connectivity index (χ4n) is 1.98. The Balaban J connectivity index is 2.52. The number of alkyl halides is 3. The zero-order chi connectivity index (χ0) is 17.4. The van der Waals surface area contributed by atoms with Gasteiger partial charge in [-0.25, -0.2) is 4.79 Å². The molecule has 1 aromatic heterocycles. The van der Waals surface area contributed by atoms with Gasteiger partial charge in [-0.15, -0.1) is 0 Å². The molecule has 0 bridgehead atoms. The number of carbonyl (C=O) groups excluding carboxylic acids is 1. The number of carbonyl (C=O) groups is 1. The number of nitrogens with zero attached hydrogens (tertiary/aromatic N) is 1. The molecule has 11 heteroatoms. The summed E-state index contributed by atoms with van der Waals surface area (Å²) < 4.78 is 68.8. The zero-order valence-corrected chi connectivity index (χ0v) is 12.6. The fraction of sp³-hybridized carbons (Fsp3) is 0.500. The molecule has 0 N–H and O–H groups in total. The van der Waals surface area contributed by atoms with Gasteiger partial charge in [0.25, 0.3) is 5.56 Å². The van der Waals surface area contributed by atoms with E-state index in [1.165, 1.54) is 0 Å². The maximum atomic E-state index is 12.4. The normalized spacial score (nSPS) is 15.8. The van der Waals surface area contributed by atoms with Gasteiger partial charge in [-0.05, 0) is 19.3 Å². The van der Waals surface area contributed by atoms with Crippen LogP contribution in [0.2, 0.25) is 0 Å². The number of hydrogen-bond donors (Lipinski definition) is 0. The van der Waals surface area contributed by atoms with Gasteiger partial charge in [0.1, 0.15) is 5.56 Å². The minimum atomic E-state index is -6.01. The van der Waals surface area contributed by atoms with Crippen LogP contribution in [0.25, 0.3) is 0 Å². The highest BCUT2D eigenvalue weighted by Gasteiger charge is 2.49. The lowest BCUT2D eigenvalue weighted by molar-refractivity contribution is -0.0500. The van der Waals surface area contributed by atoms with Crippen LogP contribution in [0.1, 0.15) is 35.7 Å². The van der Waals surface area contributed by atoms with Crippen LogP contribution in [-0.4, -0.2) is 31.6 Å². The van der Waals surface area contributed by atoms with Crippen LogP contribution in [0.4, 0.5) is 13.2 Å². The first-order valence-corrected chi connectivity index (χ1v) is 7.83. The molecule has 0 amide bonds. The maximum Gasteiger partial charge on any atom is 0.534 e. The van der Waals surface area contributed by atoms with Crippen molar-refractivity contribution in [2.45, 2.75) is 30.8 Å². The Labute approximate surface area is 128 Å². The van der Waals surface area contributed by atoms with Crippen LogP contribution in [-0.2, 0) is 14.9 Å². The Morgan fingerprint density at radius 3 is 2.39 bits per heavy atom. The Bertz CT molecular complexity index is 779. The molecule has 0 aromatic carbocycles. The van der Waals surface area contributed by atoms with Crippen molar-refractivity contribution in [1.29, 1.82) is 0 Å². The molecule has 0 unspecified atom stereocenters. The lowest BCUT2D eigenvalue weighted by Crippen LogP contribution is -2.32. The SMILES string of the molecule is COC(=O)c1cn(C2CCC2)c(=O)cc1OS(=O)(=O)C(F)(F)F. The number of esters is 1. The fourth-order valence-corrected chi connectivity index (χ4v) is 2.45. The van der Waals surface area contributed by atoms with Gasteiger partial charge in [-0.3, -0.25) is 4.79 Å². The summed E-state index contributed by atoms with van der Waals surface area (Å²) >= 11 is 0. The van der Waals surface area contributed by atoms with E-state index in [1.807, 2.05) is 0 Å². The van der Waals surface area contributed by atoms with E-state index in [0.29, 0.717) is 18.9 Å². The van der Waals surface area contributed by atoms with Gasteiger partial charge in [0.05, 0.1) is 7.11 Å². The Kier molecular flexibility index (Phi) is 4.42. The van der Waals surface area contributed by atoms with Gasteiger partial charge >= 0.3 is 21.6 Å². The summed E-state index contributed by atoms with van der Waals surface area (Å²) in [4.78, 5) is 23.6. The lowest BCUT2D eigenvalue weighted by Gasteiger charge is -2.28. The molecule has 23 heavy (non-hydrogen) atoms. The third kappa shape index (κ3) is 3.33. The molecule has 1 fully saturated rings. The summed E-state index contributed by atoms with van der Waals surface area (Å²) in [6.07, 6.45) is 3.16. The minimum absolute atomic E-state index is 0.195. The number of methoxy groups -OCH3 is 1. The van der Waals surface area contributed by atoms with E-state index in [0.717, 1.165) is 24.3 Å². The molecule has 0 atom stereocenters. The van der Waals surface area contributed by atoms with Gasteiger partial charge in [0, 0.05) is 18.3 Å². The molecule has 1 aromatic rings. The first-order chi connectivity index (χ1) is 10.6. The van der Waals surface area contributed by atoms with E-state index < -0.39 is 38.5 Å². The highest BCUT2D eigenvalue weighted by Crippen LogP contribution is 2.33. The average molecular weight is 355 g/mol. The van der Waals surface area contributed by atoms with Crippen LogP contribution >= 0.6 is 0 Å². The second-order valence-corrected chi connectivity index (χ2v) is 6.39. The minimum Gasteiger partial charge on any atom is -0.465 e. The topological polar surface area (TPSA) is 91.7 Å². The smallest absolute Gasteiger partial charge is 0.465 e. The molecular weight excluding hydrogens is 343 g/mol. The molecule has 2 rings (SSSR count). The largest absolute Gasteiger partial charge is 0.534 e. The first-order valence-electron chi connectivity index (χ1n) is 6.42. The van der Waals surface area contributed by atoms with Crippen molar-refractivity contribution in [1.82, 2.24) is 4.57 Å². The second kappa shape index (κ2) is 5.87. The van der Waals surface area contributed by atoms with Gasteiger partial charge in [-0.2, -0.15) is 21.6 Å². The lowest BCUT2D eigenvalue weighted by atomic mass is 9.92. The number of ether oxygens (including phenoxy) is 1. The van der Waals surface area contributed by atoms with Crippen molar-refractivity contribution < 1.29 is 35.3 Å². The summed E-state index contributed by atoms with van der Waals surface area (Å²) in [6, 6.07) is 0.340. The monoisotopic (exact) mass is 355 g/mol. The van der Waals surface area contributed by atoms with Crippen LogP contribution in [0, 0.1) is 0 Å². The number of aromatic nitrogens is 1. The third-order valence-electron chi connectivity index (χ3n) is 3.40. The zero-order valence-electron chi connectivity index (χ0n) is 11.8. The molecule has 1 aliphatic rings. The van der Waals surface area contributed by atoms with Crippen molar-refractivity contribution in [3.63, 3.8) is 0 Å². The Hall–Kier alpha value is -2.04. The van der Waals surface area contributed by atoms with Gasteiger partial charge < -0.3 is 13.5 Å².